The van der Waals surface area contributed by atoms with Crippen LogP contribution >= 0.6 is 11.6 Å². The van der Waals surface area contributed by atoms with Crippen molar-refractivity contribution in [2.45, 2.75) is 24.3 Å². The van der Waals surface area contributed by atoms with Gasteiger partial charge in [-0.05, 0) is 12.1 Å². The number of nitriles is 1. The SMILES string of the molecule is C=CC1(CC(F)(F)F)N/C(=C/C(=N)C#N)Nc2c(Cl)cc(C(F)(F)F)cc21. The van der Waals surface area contributed by atoms with Crippen molar-refractivity contribution in [2.75, 3.05) is 5.32 Å². The van der Waals surface area contributed by atoms with E-state index in [1.54, 1.807) is 0 Å². The molecule has 27 heavy (non-hydrogen) atoms. The number of benzene rings is 1. The van der Waals surface area contributed by atoms with E-state index in [0.29, 0.717) is 12.1 Å². The van der Waals surface area contributed by atoms with Crippen LogP contribution < -0.4 is 10.6 Å². The molecule has 1 atom stereocenters. The first-order valence-corrected chi connectivity index (χ1v) is 7.56. The van der Waals surface area contributed by atoms with Gasteiger partial charge in [0.2, 0.25) is 0 Å². The second kappa shape index (κ2) is 6.81. The van der Waals surface area contributed by atoms with Crippen LogP contribution in [0.15, 0.2) is 36.7 Å². The van der Waals surface area contributed by atoms with Crippen LogP contribution in [0.2, 0.25) is 5.02 Å². The summed E-state index contributed by atoms with van der Waals surface area (Å²) in [6.45, 7) is 3.33. The Morgan fingerprint density at radius 1 is 1.30 bits per heavy atom. The first-order chi connectivity index (χ1) is 12.3. The molecule has 1 aromatic rings. The molecule has 2 rings (SSSR count). The second-order valence-electron chi connectivity index (χ2n) is 5.68. The van der Waals surface area contributed by atoms with Crippen LogP contribution in [-0.4, -0.2) is 11.9 Å². The quantitative estimate of drug-likeness (QED) is 0.370. The summed E-state index contributed by atoms with van der Waals surface area (Å²) in [4.78, 5) is 0. The summed E-state index contributed by atoms with van der Waals surface area (Å²) in [7, 11) is 0. The number of hydrogen-bond donors (Lipinski definition) is 3. The third-order valence-electron chi connectivity index (χ3n) is 3.75. The predicted octanol–water partition coefficient (Wildman–Crippen LogP) is 5.09. The summed E-state index contributed by atoms with van der Waals surface area (Å²) >= 11 is 5.89. The molecular formula is C16H11ClF6N4. The van der Waals surface area contributed by atoms with Crippen molar-refractivity contribution in [3.8, 4) is 6.07 Å². The Kier molecular flexibility index (Phi) is 5.21. The fourth-order valence-corrected chi connectivity index (χ4v) is 2.93. The van der Waals surface area contributed by atoms with E-state index in [1.165, 1.54) is 6.07 Å². The Morgan fingerprint density at radius 2 is 1.93 bits per heavy atom. The Balaban J connectivity index is 2.77. The van der Waals surface area contributed by atoms with E-state index in [2.05, 4.69) is 17.2 Å². The summed E-state index contributed by atoms with van der Waals surface area (Å²) in [5.41, 5.74) is -4.62. The number of fused-ring (bicyclic) bond motifs is 1. The van der Waals surface area contributed by atoms with Crippen molar-refractivity contribution < 1.29 is 26.3 Å². The molecule has 0 aliphatic carbocycles. The number of alkyl halides is 6. The van der Waals surface area contributed by atoms with Gasteiger partial charge in [-0.3, -0.25) is 5.41 Å². The van der Waals surface area contributed by atoms with Crippen molar-refractivity contribution in [3.05, 3.63) is 52.8 Å². The number of rotatable bonds is 3. The maximum atomic E-state index is 13.2. The van der Waals surface area contributed by atoms with Gasteiger partial charge in [0.25, 0.3) is 0 Å². The Morgan fingerprint density at radius 3 is 2.41 bits per heavy atom. The largest absolute Gasteiger partial charge is 0.416 e. The van der Waals surface area contributed by atoms with Crippen LogP contribution in [0, 0.1) is 16.7 Å². The van der Waals surface area contributed by atoms with Crippen molar-refractivity contribution >= 4 is 23.0 Å². The van der Waals surface area contributed by atoms with E-state index < -0.39 is 46.2 Å². The number of nitrogens with zero attached hydrogens (tertiary/aromatic N) is 1. The van der Waals surface area contributed by atoms with Gasteiger partial charge in [-0.1, -0.05) is 17.7 Å². The minimum atomic E-state index is -4.83. The molecular weight excluding hydrogens is 398 g/mol. The molecule has 144 valence electrons. The minimum absolute atomic E-state index is 0.204. The lowest BCUT2D eigenvalue weighted by Crippen LogP contribution is -2.48. The molecule has 1 aliphatic rings. The monoisotopic (exact) mass is 408 g/mol. The van der Waals surface area contributed by atoms with E-state index in [4.69, 9.17) is 22.3 Å². The molecule has 1 heterocycles. The lowest BCUT2D eigenvalue weighted by atomic mass is 9.82. The second-order valence-corrected chi connectivity index (χ2v) is 6.09. The number of hydrogen-bond acceptors (Lipinski definition) is 4. The first-order valence-electron chi connectivity index (χ1n) is 7.18. The lowest BCUT2D eigenvalue weighted by molar-refractivity contribution is -0.146. The zero-order valence-electron chi connectivity index (χ0n) is 13.3. The molecule has 0 aromatic heterocycles. The van der Waals surface area contributed by atoms with Gasteiger partial charge in [-0.25, -0.2) is 0 Å². The topological polar surface area (TPSA) is 71.7 Å². The van der Waals surface area contributed by atoms with E-state index >= 15 is 0 Å². The summed E-state index contributed by atoms with van der Waals surface area (Å²) < 4.78 is 78.8. The normalized spacial score (nSPS) is 20.9. The maximum Gasteiger partial charge on any atom is 0.416 e. The van der Waals surface area contributed by atoms with Gasteiger partial charge in [0.15, 0.2) is 0 Å². The van der Waals surface area contributed by atoms with Crippen LogP contribution in [-0.2, 0) is 11.7 Å². The highest BCUT2D eigenvalue weighted by atomic mass is 35.5. The summed E-state index contributed by atoms with van der Waals surface area (Å²) in [6, 6.07) is 2.60. The number of anilines is 1. The van der Waals surface area contributed by atoms with E-state index in [1.807, 2.05) is 0 Å². The number of nitrogens with one attached hydrogen (secondary N) is 3. The molecule has 1 aromatic carbocycles. The number of halogens is 7. The van der Waals surface area contributed by atoms with E-state index in [-0.39, 0.29) is 11.5 Å². The Hall–Kier alpha value is -2.67. The minimum Gasteiger partial charge on any atom is -0.358 e. The van der Waals surface area contributed by atoms with Crippen molar-refractivity contribution in [1.29, 1.82) is 10.7 Å². The van der Waals surface area contributed by atoms with Crippen LogP contribution in [0.3, 0.4) is 0 Å². The van der Waals surface area contributed by atoms with Crippen LogP contribution in [0.25, 0.3) is 0 Å². The van der Waals surface area contributed by atoms with Crippen LogP contribution in [0.4, 0.5) is 32.0 Å². The van der Waals surface area contributed by atoms with E-state index in [9.17, 15) is 26.3 Å². The molecule has 0 spiro atoms. The first kappa shape index (κ1) is 20.6. The average molecular weight is 409 g/mol. The molecule has 0 amide bonds. The molecule has 0 radical (unpaired) electrons. The molecule has 4 nitrogen and oxygen atoms in total. The molecule has 11 heteroatoms. The summed E-state index contributed by atoms with van der Waals surface area (Å²) in [5.74, 6) is -0.208. The van der Waals surface area contributed by atoms with Gasteiger partial charge in [-0.2, -0.15) is 31.6 Å². The Bertz CT molecular complexity index is 865. The van der Waals surface area contributed by atoms with Gasteiger partial charge in [0.05, 0.1) is 28.2 Å². The molecule has 0 saturated carbocycles. The molecule has 1 aliphatic heterocycles. The average Bonchev–Trinajstić information content (AvgIpc) is 2.53. The third-order valence-corrected chi connectivity index (χ3v) is 4.05. The van der Waals surface area contributed by atoms with Gasteiger partial charge in [0.1, 0.15) is 17.6 Å². The molecule has 1 unspecified atom stereocenters. The number of allylic oxidation sites excluding steroid dienone is 1. The smallest absolute Gasteiger partial charge is 0.358 e. The van der Waals surface area contributed by atoms with Gasteiger partial charge >= 0.3 is 12.4 Å². The third kappa shape index (κ3) is 4.36. The predicted molar refractivity (Wildman–Crippen MR) is 87.2 cm³/mol. The standard InChI is InChI=1S/C16H11ClF6N4/c1-2-14(7-15(18,19)20)10-3-8(16(21,22)23)4-11(17)13(10)26-12(27-14)5-9(25)6-24/h2-5,25-27H,1,7H2/b12-5+,25-9?. The fourth-order valence-electron chi connectivity index (χ4n) is 2.66. The zero-order chi connectivity index (χ0) is 20.6. The van der Waals surface area contributed by atoms with Crippen LogP contribution in [0.1, 0.15) is 17.5 Å². The molecule has 0 saturated heterocycles. The molecule has 0 fully saturated rings. The highest BCUT2D eigenvalue weighted by Gasteiger charge is 2.47. The Labute approximate surface area is 154 Å². The fraction of sp³-hybridized carbons (Fsp3) is 0.250. The van der Waals surface area contributed by atoms with Crippen molar-refractivity contribution in [2.24, 2.45) is 0 Å². The maximum absolute atomic E-state index is 13.2. The summed E-state index contributed by atoms with van der Waals surface area (Å²) in [6.07, 6.45) is -9.48. The van der Waals surface area contributed by atoms with Crippen molar-refractivity contribution in [1.82, 2.24) is 5.32 Å². The molecule has 3 N–H and O–H groups in total. The highest BCUT2D eigenvalue weighted by Crippen LogP contribution is 2.47. The zero-order valence-corrected chi connectivity index (χ0v) is 14.1. The summed E-state index contributed by atoms with van der Waals surface area (Å²) in [5, 5.41) is 20.5. The lowest BCUT2D eigenvalue weighted by Gasteiger charge is -2.41. The van der Waals surface area contributed by atoms with E-state index in [0.717, 1.165) is 12.2 Å². The van der Waals surface area contributed by atoms with Gasteiger partial charge in [0, 0.05) is 11.6 Å². The highest BCUT2D eigenvalue weighted by molar-refractivity contribution is 6.33. The van der Waals surface area contributed by atoms with Gasteiger partial charge in [-0.15, -0.1) is 6.58 Å². The molecule has 0 bridgehead atoms. The van der Waals surface area contributed by atoms with Gasteiger partial charge < -0.3 is 10.6 Å². The van der Waals surface area contributed by atoms with Crippen LogP contribution in [0.5, 0.6) is 0 Å². The van der Waals surface area contributed by atoms with Crippen molar-refractivity contribution in [3.63, 3.8) is 0 Å².